The molecule has 0 N–H and O–H groups in total. The van der Waals surface area contributed by atoms with Crippen molar-refractivity contribution in [1.29, 1.82) is 0 Å². The van der Waals surface area contributed by atoms with Crippen molar-refractivity contribution in [2.45, 2.75) is 13.0 Å². The highest BCUT2D eigenvalue weighted by Crippen LogP contribution is 2.40. The van der Waals surface area contributed by atoms with Crippen LogP contribution in [0.5, 0.6) is 23.0 Å². The van der Waals surface area contributed by atoms with E-state index in [1.807, 2.05) is 0 Å². The van der Waals surface area contributed by atoms with Crippen molar-refractivity contribution in [1.82, 2.24) is 0 Å². The summed E-state index contributed by atoms with van der Waals surface area (Å²) in [7, 11) is 5.75. The van der Waals surface area contributed by atoms with Crippen molar-refractivity contribution in [3.63, 3.8) is 0 Å². The first kappa shape index (κ1) is 24.2. The summed E-state index contributed by atoms with van der Waals surface area (Å²) in [6.07, 6.45) is 0. The number of hydrogen-bond acceptors (Lipinski definition) is 8. The number of carbonyl (C=O) groups is 2. The Bertz CT molecular complexity index is 999. The lowest BCUT2D eigenvalue weighted by molar-refractivity contribution is -0.126. The van der Waals surface area contributed by atoms with Crippen molar-refractivity contribution in [3.8, 4) is 23.0 Å². The molecule has 9 nitrogen and oxygen atoms in total. The van der Waals surface area contributed by atoms with Gasteiger partial charge in [-0.1, -0.05) is 11.6 Å². The van der Waals surface area contributed by atoms with Crippen molar-refractivity contribution in [2.24, 2.45) is 10.2 Å². The predicted octanol–water partition coefficient (Wildman–Crippen LogP) is 4.60. The van der Waals surface area contributed by atoms with E-state index >= 15 is 0 Å². The van der Waals surface area contributed by atoms with Gasteiger partial charge in [-0.2, -0.15) is 10.2 Å². The number of methoxy groups -OCH3 is 4. The molecule has 11 heteroatoms. The van der Waals surface area contributed by atoms with Crippen LogP contribution in [-0.4, -0.2) is 46.2 Å². The maximum absolute atomic E-state index is 12.9. The van der Waals surface area contributed by atoms with Crippen molar-refractivity contribution >= 4 is 46.4 Å². The minimum atomic E-state index is -1.51. The summed E-state index contributed by atoms with van der Waals surface area (Å²) in [5.74, 6) is -0.0677. The van der Waals surface area contributed by atoms with Gasteiger partial charge in [-0.3, -0.25) is 9.59 Å². The highest BCUT2D eigenvalue weighted by Gasteiger charge is 2.30. The number of Topliss-reactive ketones (excluding diaryl/α,β-unsaturated/α-hetero) is 1. The fourth-order valence-corrected chi connectivity index (χ4v) is 3.02. The van der Waals surface area contributed by atoms with Gasteiger partial charge in [-0.25, -0.2) is 4.42 Å². The molecule has 0 radical (unpaired) electrons. The lowest BCUT2D eigenvalue weighted by Gasteiger charge is -2.19. The Hall–Kier alpha value is -3.04. The van der Waals surface area contributed by atoms with Gasteiger partial charge in [0.25, 0.3) is 5.91 Å². The monoisotopic (exact) mass is 469 g/mol. The molecule has 166 valence electrons. The number of benzene rings is 2. The molecule has 1 unspecified atom stereocenters. The Morgan fingerprint density at radius 1 is 0.968 bits per heavy atom. The van der Waals surface area contributed by atoms with Crippen LogP contribution in [0.25, 0.3) is 0 Å². The molecule has 0 fully saturated rings. The van der Waals surface area contributed by atoms with Gasteiger partial charge in [0.2, 0.25) is 6.04 Å². The van der Waals surface area contributed by atoms with E-state index < -0.39 is 17.7 Å². The molecule has 2 aromatic carbocycles. The number of azo groups is 1. The Morgan fingerprint density at radius 3 is 2.19 bits per heavy atom. The fourth-order valence-electron chi connectivity index (χ4n) is 2.58. The van der Waals surface area contributed by atoms with Gasteiger partial charge in [0.05, 0.1) is 28.4 Å². The standard InChI is InChI=1S/C20H21Cl2N3O6/c1-11(26)18(24-23-14-8-12(21)9-17(30-4)19(14)31-5)20(27)25(22)15-7-6-13(28-2)10-16(15)29-3/h6-10,18H,1-5H3. The molecule has 0 saturated heterocycles. The number of halogens is 2. The molecule has 0 saturated carbocycles. The maximum Gasteiger partial charge on any atom is 0.276 e. The lowest BCUT2D eigenvalue weighted by atomic mass is 10.2. The smallest absolute Gasteiger partial charge is 0.276 e. The molecule has 0 spiro atoms. The molecule has 1 atom stereocenters. The van der Waals surface area contributed by atoms with E-state index in [1.165, 1.54) is 53.6 Å². The van der Waals surface area contributed by atoms with Gasteiger partial charge in [-0.15, -0.1) is 0 Å². The Labute approximate surface area is 189 Å². The van der Waals surface area contributed by atoms with Crippen LogP contribution in [-0.2, 0) is 9.59 Å². The summed E-state index contributed by atoms with van der Waals surface area (Å²) >= 11 is 12.3. The zero-order chi connectivity index (χ0) is 23.1. The number of nitrogens with zero attached hydrogens (tertiary/aromatic N) is 3. The van der Waals surface area contributed by atoms with E-state index in [-0.39, 0.29) is 22.9 Å². The van der Waals surface area contributed by atoms with Crippen molar-refractivity contribution < 1.29 is 28.5 Å². The summed E-state index contributed by atoms with van der Waals surface area (Å²) in [6, 6.07) is 6.13. The zero-order valence-electron chi connectivity index (χ0n) is 17.5. The number of carbonyl (C=O) groups excluding carboxylic acids is 2. The highest BCUT2D eigenvalue weighted by atomic mass is 35.5. The quantitative estimate of drug-likeness (QED) is 0.302. The van der Waals surface area contributed by atoms with Gasteiger partial charge < -0.3 is 18.9 Å². The second kappa shape index (κ2) is 10.8. The molecular formula is C20H21Cl2N3O6. The van der Waals surface area contributed by atoms with Gasteiger partial charge >= 0.3 is 0 Å². The van der Waals surface area contributed by atoms with Gasteiger partial charge in [0.1, 0.15) is 22.9 Å². The number of ether oxygens (including phenoxy) is 4. The van der Waals surface area contributed by atoms with Gasteiger partial charge in [-0.05, 0) is 25.1 Å². The first-order valence-electron chi connectivity index (χ1n) is 8.81. The lowest BCUT2D eigenvalue weighted by Crippen LogP contribution is -2.36. The molecule has 0 aromatic heterocycles. The minimum absolute atomic E-state index is 0.175. The number of hydrogen-bond donors (Lipinski definition) is 0. The van der Waals surface area contributed by atoms with E-state index in [2.05, 4.69) is 10.2 Å². The fraction of sp³-hybridized carbons (Fsp3) is 0.300. The topological polar surface area (TPSA) is 99.0 Å². The third kappa shape index (κ3) is 5.56. The molecular weight excluding hydrogens is 449 g/mol. The number of anilines is 1. The van der Waals surface area contributed by atoms with Crippen LogP contribution in [0.3, 0.4) is 0 Å². The zero-order valence-corrected chi connectivity index (χ0v) is 19.0. The summed E-state index contributed by atoms with van der Waals surface area (Å²) in [6.45, 7) is 1.20. The molecule has 0 aliphatic carbocycles. The summed E-state index contributed by atoms with van der Waals surface area (Å²) in [5.41, 5.74) is 0.382. The normalized spacial score (nSPS) is 11.7. The molecule has 2 aromatic rings. The van der Waals surface area contributed by atoms with Crippen LogP contribution in [0.2, 0.25) is 5.02 Å². The molecule has 1 amide bonds. The molecule has 0 bridgehead atoms. The molecule has 0 aliphatic heterocycles. The van der Waals surface area contributed by atoms with Crippen LogP contribution < -0.4 is 23.4 Å². The van der Waals surface area contributed by atoms with Crippen LogP contribution in [0.1, 0.15) is 6.92 Å². The second-order valence-corrected chi connectivity index (χ2v) is 6.82. The third-order valence-corrected chi connectivity index (χ3v) is 4.68. The Morgan fingerprint density at radius 2 is 1.65 bits per heavy atom. The van der Waals surface area contributed by atoms with E-state index in [1.54, 1.807) is 12.1 Å². The van der Waals surface area contributed by atoms with Crippen LogP contribution in [0.15, 0.2) is 40.6 Å². The largest absolute Gasteiger partial charge is 0.497 e. The predicted molar refractivity (Wildman–Crippen MR) is 116 cm³/mol. The van der Waals surface area contributed by atoms with E-state index in [9.17, 15) is 9.59 Å². The summed E-state index contributed by atoms with van der Waals surface area (Å²) in [4.78, 5) is 25.1. The van der Waals surface area contributed by atoms with Crippen LogP contribution >= 0.6 is 23.4 Å². The number of rotatable bonds is 9. The van der Waals surface area contributed by atoms with E-state index in [0.717, 1.165) is 4.42 Å². The minimum Gasteiger partial charge on any atom is -0.497 e. The summed E-state index contributed by atoms with van der Waals surface area (Å²) < 4.78 is 21.6. The molecule has 0 heterocycles. The average molecular weight is 470 g/mol. The molecule has 2 rings (SSSR count). The number of ketones is 1. The maximum atomic E-state index is 12.9. The third-order valence-electron chi connectivity index (χ3n) is 4.12. The van der Waals surface area contributed by atoms with Crippen molar-refractivity contribution in [3.05, 3.63) is 35.4 Å². The highest BCUT2D eigenvalue weighted by molar-refractivity contribution is 6.39. The summed E-state index contributed by atoms with van der Waals surface area (Å²) in [5, 5.41) is 8.19. The second-order valence-electron chi connectivity index (χ2n) is 6.05. The van der Waals surface area contributed by atoms with E-state index in [0.29, 0.717) is 16.5 Å². The van der Waals surface area contributed by atoms with E-state index in [4.69, 9.17) is 42.3 Å². The average Bonchev–Trinajstić information content (AvgIpc) is 2.77. The SMILES string of the molecule is COc1ccc(N(Cl)C(=O)C(N=Nc2cc(Cl)cc(OC)c2OC)C(C)=O)c(OC)c1. The first-order valence-corrected chi connectivity index (χ1v) is 9.53. The van der Waals surface area contributed by atoms with Gasteiger partial charge in [0, 0.05) is 28.9 Å². The Balaban J connectivity index is 2.40. The van der Waals surface area contributed by atoms with Crippen molar-refractivity contribution in [2.75, 3.05) is 32.9 Å². The molecule has 31 heavy (non-hydrogen) atoms. The molecule has 0 aliphatic rings. The number of amides is 1. The van der Waals surface area contributed by atoms with Crippen LogP contribution in [0, 0.1) is 0 Å². The Kier molecular flexibility index (Phi) is 8.47. The van der Waals surface area contributed by atoms with Crippen LogP contribution in [0.4, 0.5) is 11.4 Å². The van der Waals surface area contributed by atoms with Gasteiger partial charge in [0.15, 0.2) is 17.3 Å². The first-order chi connectivity index (χ1) is 14.8.